The van der Waals surface area contributed by atoms with E-state index in [1.807, 2.05) is 13.8 Å². The molecule has 2 aromatic carbocycles. The zero-order valence-corrected chi connectivity index (χ0v) is 20.5. The van der Waals surface area contributed by atoms with Gasteiger partial charge in [-0.25, -0.2) is 0 Å². The molecule has 3 rings (SSSR count). The fourth-order valence-electron chi connectivity index (χ4n) is 3.01. The molecule has 0 aromatic heterocycles. The molecule has 168 valence electrons. The monoisotopic (exact) mass is 518 g/mol. The molecule has 0 bridgehead atoms. The van der Waals surface area contributed by atoms with Gasteiger partial charge in [-0.1, -0.05) is 6.92 Å². The summed E-state index contributed by atoms with van der Waals surface area (Å²) in [6.45, 7) is 3.99. The summed E-state index contributed by atoms with van der Waals surface area (Å²) in [7, 11) is 3.09. The van der Waals surface area contributed by atoms with Crippen molar-refractivity contribution in [3.05, 3.63) is 52.0 Å². The fourth-order valence-corrected chi connectivity index (χ4v) is 3.85. The van der Waals surface area contributed by atoms with Gasteiger partial charge in [0.1, 0.15) is 11.3 Å². The van der Waals surface area contributed by atoms with E-state index < -0.39 is 11.8 Å². The molecular weight excluding hydrogens is 496 g/mol. The van der Waals surface area contributed by atoms with Crippen LogP contribution in [-0.4, -0.2) is 37.3 Å². The topological polar surface area (TPSA) is 77.1 Å². The molecule has 0 spiro atoms. The molecule has 1 atom stereocenters. The molecule has 2 aromatic rings. The average Bonchev–Trinajstić information content (AvgIpc) is 2.78. The lowest BCUT2D eigenvalue weighted by atomic mass is 10.1. The number of nitrogens with one attached hydrogen (secondary N) is 1. The number of amides is 2. The Morgan fingerprint density at radius 2 is 1.84 bits per heavy atom. The number of rotatable bonds is 7. The third-order valence-electron chi connectivity index (χ3n) is 4.89. The maximum atomic E-state index is 13.2. The summed E-state index contributed by atoms with van der Waals surface area (Å²) in [5, 5.41) is 2.59. The van der Waals surface area contributed by atoms with Gasteiger partial charge in [0.25, 0.3) is 11.8 Å². The van der Waals surface area contributed by atoms with Crippen molar-refractivity contribution >= 4 is 56.8 Å². The molecule has 0 radical (unpaired) electrons. The van der Waals surface area contributed by atoms with Crippen molar-refractivity contribution in [2.45, 2.75) is 26.4 Å². The van der Waals surface area contributed by atoms with E-state index in [0.29, 0.717) is 33.0 Å². The first-order chi connectivity index (χ1) is 15.3. The lowest BCUT2D eigenvalue weighted by Gasteiger charge is -2.29. The maximum Gasteiger partial charge on any atom is 0.270 e. The van der Waals surface area contributed by atoms with E-state index in [9.17, 15) is 9.59 Å². The maximum absolute atomic E-state index is 13.2. The number of nitrogens with zero attached hydrogens (tertiary/aromatic N) is 1. The Morgan fingerprint density at radius 3 is 2.44 bits per heavy atom. The molecule has 0 saturated carbocycles. The second kappa shape index (κ2) is 10.1. The molecule has 0 unspecified atom stereocenters. The van der Waals surface area contributed by atoms with Gasteiger partial charge in [-0.2, -0.15) is 0 Å². The zero-order chi connectivity index (χ0) is 23.4. The molecule has 1 fully saturated rings. The molecule has 1 aliphatic heterocycles. The quantitative estimate of drug-likeness (QED) is 0.331. The predicted octanol–water partition coefficient (Wildman–Crippen LogP) is 4.47. The van der Waals surface area contributed by atoms with Crippen LogP contribution in [0.15, 0.2) is 46.4 Å². The van der Waals surface area contributed by atoms with Gasteiger partial charge in [0, 0.05) is 0 Å². The first-order valence-electron chi connectivity index (χ1n) is 9.88. The zero-order valence-electron chi connectivity index (χ0n) is 18.1. The van der Waals surface area contributed by atoms with Crippen LogP contribution < -0.4 is 24.4 Å². The number of carbonyl (C=O) groups is 2. The summed E-state index contributed by atoms with van der Waals surface area (Å²) in [5.74, 6) is 0.585. The molecule has 9 heteroatoms. The minimum Gasteiger partial charge on any atom is -0.497 e. The van der Waals surface area contributed by atoms with E-state index in [2.05, 4.69) is 21.2 Å². The standard InChI is InChI=1S/C23H23BrN2O5S/c1-5-13(2)31-20-18(24)11-14(12-19(20)30-4)10-17-21(27)25-23(32)26(22(17)28)15-6-8-16(29-3)9-7-15/h6-13H,5H2,1-4H3,(H,25,27,32)/b17-10+/t13-/m1/s1. The Hall–Kier alpha value is -2.91. The molecule has 32 heavy (non-hydrogen) atoms. The van der Waals surface area contributed by atoms with E-state index in [4.69, 9.17) is 26.4 Å². The van der Waals surface area contributed by atoms with Crippen LogP contribution in [0, 0.1) is 0 Å². The number of thiocarbonyl (C=S) groups is 1. The number of hydrogen-bond acceptors (Lipinski definition) is 6. The SMILES string of the molecule is CC[C@@H](C)Oc1c(Br)cc(/C=C2\C(=O)NC(=S)N(c3ccc(OC)cc3)C2=O)cc1OC. The largest absolute Gasteiger partial charge is 0.497 e. The Bertz CT molecular complexity index is 1080. The van der Waals surface area contributed by atoms with Gasteiger partial charge >= 0.3 is 0 Å². The first-order valence-corrected chi connectivity index (χ1v) is 11.1. The van der Waals surface area contributed by atoms with Crippen molar-refractivity contribution in [2.24, 2.45) is 0 Å². The van der Waals surface area contributed by atoms with Crippen LogP contribution in [0.5, 0.6) is 17.2 Å². The normalized spacial score (nSPS) is 16.1. The van der Waals surface area contributed by atoms with Crippen LogP contribution in [0.4, 0.5) is 5.69 Å². The summed E-state index contributed by atoms with van der Waals surface area (Å²) in [4.78, 5) is 27.1. The van der Waals surface area contributed by atoms with Crippen LogP contribution in [0.3, 0.4) is 0 Å². The van der Waals surface area contributed by atoms with E-state index in [0.717, 1.165) is 6.42 Å². The van der Waals surface area contributed by atoms with Crippen LogP contribution in [0.25, 0.3) is 6.08 Å². The van der Waals surface area contributed by atoms with Crippen molar-refractivity contribution in [1.82, 2.24) is 5.32 Å². The second-order valence-electron chi connectivity index (χ2n) is 7.03. The van der Waals surface area contributed by atoms with Crippen molar-refractivity contribution in [1.29, 1.82) is 0 Å². The Labute approximate surface area is 200 Å². The molecule has 0 aliphatic carbocycles. The van der Waals surface area contributed by atoms with Gasteiger partial charge in [-0.3, -0.25) is 19.8 Å². The minimum atomic E-state index is -0.570. The predicted molar refractivity (Wildman–Crippen MR) is 130 cm³/mol. The van der Waals surface area contributed by atoms with Gasteiger partial charge in [-0.15, -0.1) is 0 Å². The van der Waals surface area contributed by atoms with Crippen molar-refractivity contribution in [3.63, 3.8) is 0 Å². The lowest BCUT2D eigenvalue weighted by Crippen LogP contribution is -2.54. The highest BCUT2D eigenvalue weighted by Crippen LogP contribution is 2.38. The molecule has 1 aliphatic rings. The van der Waals surface area contributed by atoms with E-state index in [1.54, 1.807) is 43.5 Å². The summed E-state index contributed by atoms with van der Waals surface area (Å²) in [5.41, 5.74) is 1.05. The van der Waals surface area contributed by atoms with Crippen LogP contribution in [-0.2, 0) is 9.59 Å². The number of ether oxygens (including phenoxy) is 3. The van der Waals surface area contributed by atoms with Gasteiger partial charge < -0.3 is 14.2 Å². The average molecular weight is 519 g/mol. The van der Waals surface area contributed by atoms with Crippen LogP contribution in [0.2, 0.25) is 0 Å². The number of anilines is 1. The Balaban J connectivity index is 1.99. The molecule has 1 heterocycles. The Morgan fingerprint density at radius 1 is 1.16 bits per heavy atom. The second-order valence-corrected chi connectivity index (χ2v) is 8.27. The first kappa shape index (κ1) is 23.7. The van der Waals surface area contributed by atoms with Gasteiger partial charge in [0.15, 0.2) is 16.6 Å². The molecule has 7 nitrogen and oxygen atoms in total. The summed E-state index contributed by atoms with van der Waals surface area (Å²) in [6.07, 6.45) is 2.32. The van der Waals surface area contributed by atoms with Crippen molar-refractivity contribution < 1.29 is 23.8 Å². The lowest BCUT2D eigenvalue weighted by molar-refractivity contribution is -0.122. The summed E-state index contributed by atoms with van der Waals surface area (Å²) in [6, 6.07) is 10.3. The van der Waals surface area contributed by atoms with Crippen LogP contribution >= 0.6 is 28.1 Å². The number of halogens is 1. The van der Waals surface area contributed by atoms with Crippen LogP contribution in [0.1, 0.15) is 25.8 Å². The summed E-state index contributed by atoms with van der Waals surface area (Å²) < 4.78 is 17.2. The van der Waals surface area contributed by atoms with Gasteiger partial charge in [-0.05, 0) is 89.5 Å². The number of benzene rings is 2. The highest BCUT2D eigenvalue weighted by Gasteiger charge is 2.34. The number of carbonyl (C=O) groups excluding carboxylic acids is 2. The molecule has 2 amide bonds. The molecule has 1 N–H and O–H groups in total. The highest BCUT2D eigenvalue weighted by molar-refractivity contribution is 9.10. The minimum absolute atomic E-state index is 0.00540. The number of methoxy groups -OCH3 is 2. The van der Waals surface area contributed by atoms with E-state index in [1.165, 1.54) is 18.1 Å². The highest BCUT2D eigenvalue weighted by atomic mass is 79.9. The molecular formula is C23H23BrN2O5S. The van der Waals surface area contributed by atoms with E-state index in [-0.39, 0.29) is 16.8 Å². The smallest absolute Gasteiger partial charge is 0.270 e. The third kappa shape index (κ3) is 4.94. The van der Waals surface area contributed by atoms with E-state index >= 15 is 0 Å². The third-order valence-corrected chi connectivity index (χ3v) is 5.76. The van der Waals surface area contributed by atoms with Gasteiger partial charge in [0.2, 0.25) is 0 Å². The number of hydrogen-bond donors (Lipinski definition) is 1. The Kier molecular flexibility index (Phi) is 7.52. The van der Waals surface area contributed by atoms with Crippen molar-refractivity contribution in [2.75, 3.05) is 19.1 Å². The van der Waals surface area contributed by atoms with Crippen molar-refractivity contribution in [3.8, 4) is 17.2 Å². The molecule has 1 saturated heterocycles. The fraction of sp³-hybridized carbons (Fsp3) is 0.261. The van der Waals surface area contributed by atoms with Gasteiger partial charge in [0.05, 0.1) is 30.5 Å². The summed E-state index contributed by atoms with van der Waals surface area (Å²) >= 11 is 8.74.